The molecule has 1 aromatic heterocycles. The van der Waals surface area contributed by atoms with Gasteiger partial charge in [0.15, 0.2) is 11.0 Å². The van der Waals surface area contributed by atoms with Crippen LogP contribution in [-0.2, 0) is 14.3 Å². The van der Waals surface area contributed by atoms with Gasteiger partial charge in [-0.05, 0) is 50.2 Å². The van der Waals surface area contributed by atoms with Gasteiger partial charge in [-0.25, -0.2) is 4.39 Å². The number of benzene rings is 2. The van der Waals surface area contributed by atoms with Gasteiger partial charge in [0.1, 0.15) is 12.4 Å². The molecular weight excluding hydrogens is 407 g/mol. The Morgan fingerprint density at radius 2 is 1.80 bits per heavy atom. The van der Waals surface area contributed by atoms with Crippen molar-refractivity contribution in [2.45, 2.75) is 25.1 Å². The molecule has 0 radical (unpaired) electrons. The van der Waals surface area contributed by atoms with Crippen LogP contribution in [0.4, 0.5) is 4.39 Å². The molecule has 7 nitrogen and oxygen atoms in total. The number of para-hydroxylation sites is 1. The fourth-order valence-corrected chi connectivity index (χ4v) is 3.40. The Labute approximate surface area is 177 Å². The summed E-state index contributed by atoms with van der Waals surface area (Å²) in [6.07, 6.45) is -0.238. The molecule has 1 heterocycles. The van der Waals surface area contributed by atoms with E-state index >= 15 is 0 Å². The molecule has 2 aromatic carbocycles. The molecule has 3 aromatic rings. The number of nitrogens with one attached hydrogen (secondary N) is 1. The second kappa shape index (κ2) is 10.0. The molecule has 30 heavy (non-hydrogen) atoms. The summed E-state index contributed by atoms with van der Waals surface area (Å²) in [7, 11) is 0. The third kappa shape index (κ3) is 5.66. The largest absolute Gasteiger partial charge is 0.462 e. The van der Waals surface area contributed by atoms with E-state index < -0.39 is 5.97 Å². The van der Waals surface area contributed by atoms with Gasteiger partial charge in [-0.15, -0.1) is 10.2 Å². The van der Waals surface area contributed by atoms with Gasteiger partial charge in [-0.3, -0.25) is 14.2 Å². The number of halogens is 1. The van der Waals surface area contributed by atoms with E-state index in [2.05, 4.69) is 15.5 Å². The highest BCUT2D eigenvalue weighted by atomic mass is 32.2. The molecule has 0 saturated heterocycles. The summed E-state index contributed by atoms with van der Waals surface area (Å²) in [5, 5.41) is 11.5. The Bertz CT molecular complexity index is 1010. The smallest absolute Gasteiger partial charge is 0.325 e. The van der Waals surface area contributed by atoms with Crippen LogP contribution < -0.4 is 5.32 Å². The maximum atomic E-state index is 13.3. The zero-order valence-corrected chi connectivity index (χ0v) is 17.4. The minimum Gasteiger partial charge on any atom is -0.462 e. The SMILES string of the molecule is CC(C)OC(=O)CNC(=O)CSc1nnc(-c2ccc(F)cc2)n1-c1ccccc1. The second-order valence-electron chi connectivity index (χ2n) is 6.59. The van der Waals surface area contributed by atoms with Crippen molar-refractivity contribution in [3.05, 3.63) is 60.4 Å². The molecule has 1 amide bonds. The van der Waals surface area contributed by atoms with Gasteiger partial charge < -0.3 is 10.1 Å². The fourth-order valence-electron chi connectivity index (χ4n) is 2.62. The number of carbonyl (C=O) groups is 2. The van der Waals surface area contributed by atoms with Crippen LogP contribution in [0.2, 0.25) is 0 Å². The first-order valence-electron chi connectivity index (χ1n) is 9.30. The van der Waals surface area contributed by atoms with Crippen molar-refractivity contribution in [3.63, 3.8) is 0 Å². The van der Waals surface area contributed by atoms with E-state index in [0.29, 0.717) is 16.5 Å². The van der Waals surface area contributed by atoms with E-state index in [9.17, 15) is 14.0 Å². The van der Waals surface area contributed by atoms with Gasteiger partial charge in [0.05, 0.1) is 11.9 Å². The summed E-state index contributed by atoms with van der Waals surface area (Å²) < 4.78 is 20.1. The summed E-state index contributed by atoms with van der Waals surface area (Å²) in [5.41, 5.74) is 1.51. The van der Waals surface area contributed by atoms with E-state index in [1.165, 1.54) is 23.9 Å². The first-order valence-corrected chi connectivity index (χ1v) is 10.3. The van der Waals surface area contributed by atoms with Crippen LogP contribution in [0, 0.1) is 5.82 Å². The van der Waals surface area contributed by atoms with Gasteiger partial charge in [0.25, 0.3) is 0 Å². The number of thioether (sulfide) groups is 1. The summed E-state index contributed by atoms with van der Waals surface area (Å²) in [6.45, 7) is 3.29. The third-order valence-electron chi connectivity index (χ3n) is 3.88. The highest BCUT2D eigenvalue weighted by molar-refractivity contribution is 7.99. The maximum absolute atomic E-state index is 13.3. The lowest BCUT2D eigenvalue weighted by Gasteiger charge is -2.11. The van der Waals surface area contributed by atoms with Gasteiger partial charge >= 0.3 is 5.97 Å². The second-order valence-corrected chi connectivity index (χ2v) is 7.53. The van der Waals surface area contributed by atoms with Crippen LogP contribution in [-0.4, -0.2) is 45.0 Å². The Hall–Kier alpha value is -3.20. The molecule has 0 fully saturated rings. The monoisotopic (exact) mass is 428 g/mol. The van der Waals surface area contributed by atoms with Crippen LogP contribution in [0.15, 0.2) is 59.8 Å². The van der Waals surface area contributed by atoms with E-state index in [4.69, 9.17) is 4.74 Å². The minimum absolute atomic E-state index is 0.0450. The lowest BCUT2D eigenvalue weighted by atomic mass is 10.2. The Kier molecular flexibility index (Phi) is 7.18. The van der Waals surface area contributed by atoms with Gasteiger partial charge in [0, 0.05) is 11.3 Å². The van der Waals surface area contributed by atoms with Crippen LogP contribution in [0.1, 0.15) is 13.8 Å². The van der Waals surface area contributed by atoms with Crippen molar-refractivity contribution in [1.82, 2.24) is 20.1 Å². The quantitative estimate of drug-likeness (QED) is 0.438. The van der Waals surface area contributed by atoms with E-state index in [-0.39, 0.29) is 30.1 Å². The number of ether oxygens (including phenoxy) is 1. The Morgan fingerprint density at radius 3 is 2.47 bits per heavy atom. The molecule has 0 aliphatic heterocycles. The average Bonchev–Trinajstić information content (AvgIpc) is 3.15. The number of esters is 1. The Balaban J connectivity index is 1.76. The summed E-state index contributed by atoms with van der Waals surface area (Å²) >= 11 is 1.19. The number of aromatic nitrogens is 3. The first kappa shape index (κ1) is 21.5. The molecule has 156 valence electrons. The molecular formula is C21H21FN4O3S. The topological polar surface area (TPSA) is 86.1 Å². The molecule has 0 atom stereocenters. The van der Waals surface area contributed by atoms with Crippen molar-refractivity contribution >= 4 is 23.6 Å². The molecule has 0 aliphatic carbocycles. The summed E-state index contributed by atoms with van der Waals surface area (Å²) in [5.74, 6) is -0.582. The number of nitrogens with zero attached hydrogens (tertiary/aromatic N) is 3. The predicted octanol–water partition coefficient (Wildman–Crippen LogP) is 3.23. The van der Waals surface area contributed by atoms with Crippen molar-refractivity contribution in [2.75, 3.05) is 12.3 Å². The molecule has 0 spiro atoms. The molecule has 0 saturated carbocycles. The van der Waals surface area contributed by atoms with E-state index in [0.717, 1.165) is 5.69 Å². The molecule has 9 heteroatoms. The first-order chi connectivity index (χ1) is 14.4. The van der Waals surface area contributed by atoms with Crippen LogP contribution in [0.3, 0.4) is 0 Å². The molecule has 0 aliphatic rings. The number of carbonyl (C=O) groups excluding carboxylic acids is 2. The third-order valence-corrected chi connectivity index (χ3v) is 4.81. The molecule has 0 bridgehead atoms. The van der Waals surface area contributed by atoms with Crippen molar-refractivity contribution in [2.24, 2.45) is 0 Å². The molecule has 1 N–H and O–H groups in total. The predicted molar refractivity (Wildman–Crippen MR) is 112 cm³/mol. The highest BCUT2D eigenvalue weighted by Crippen LogP contribution is 2.27. The maximum Gasteiger partial charge on any atom is 0.325 e. The van der Waals surface area contributed by atoms with Gasteiger partial charge in [0.2, 0.25) is 5.91 Å². The Morgan fingerprint density at radius 1 is 1.10 bits per heavy atom. The standard InChI is InChI=1S/C21H21FN4O3S/c1-14(2)29-19(28)12-23-18(27)13-30-21-25-24-20(15-8-10-16(22)11-9-15)26(21)17-6-4-3-5-7-17/h3-11,14H,12-13H2,1-2H3,(H,23,27). The molecule has 3 rings (SSSR count). The number of rotatable bonds is 8. The highest BCUT2D eigenvalue weighted by Gasteiger charge is 2.17. The zero-order chi connectivity index (χ0) is 21.5. The lowest BCUT2D eigenvalue weighted by Crippen LogP contribution is -2.32. The lowest BCUT2D eigenvalue weighted by molar-refractivity contribution is -0.147. The van der Waals surface area contributed by atoms with Crippen LogP contribution >= 0.6 is 11.8 Å². The minimum atomic E-state index is -0.491. The number of amides is 1. The number of hydrogen-bond donors (Lipinski definition) is 1. The summed E-state index contributed by atoms with van der Waals surface area (Å²) in [4.78, 5) is 23.7. The van der Waals surface area contributed by atoms with E-state index in [1.54, 1.807) is 30.5 Å². The number of hydrogen-bond acceptors (Lipinski definition) is 6. The van der Waals surface area contributed by atoms with Crippen molar-refractivity contribution < 1.29 is 18.7 Å². The zero-order valence-electron chi connectivity index (χ0n) is 16.5. The van der Waals surface area contributed by atoms with Gasteiger partial charge in [-0.1, -0.05) is 30.0 Å². The fraction of sp³-hybridized carbons (Fsp3) is 0.238. The van der Waals surface area contributed by atoms with Crippen LogP contribution in [0.25, 0.3) is 17.1 Å². The average molecular weight is 428 g/mol. The molecule has 0 unspecified atom stereocenters. The summed E-state index contributed by atoms with van der Waals surface area (Å²) in [6, 6.07) is 15.4. The van der Waals surface area contributed by atoms with Crippen molar-refractivity contribution in [3.8, 4) is 17.1 Å². The normalized spacial score (nSPS) is 10.8. The van der Waals surface area contributed by atoms with Crippen molar-refractivity contribution in [1.29, 1.82) is 0 Å². The van der Waals surface area contributed by atoms with Gasteiger partial charge in [-0.2, -0.15) is 0 Å². The van der Waals surface area contributed by atoms with Crippen LogP contribution in [0.5, 0.6) is 0 Å². The van der Waals surface area contributed by atoms with E-state index in [1.807, 2.05) is 30.3 Å².